The number of ether oxygens (including phenoxy) is 1. The normalized spacial score (nSPS) is 13.8. The zero-order valence-electron chi connectivity index (χ0n) is 14.4. The predicted octanol–water partition coefficient (Wildman–Crippen LogP) is 6.27. The molecule has 0 radical (unpaired) electrons. The first-order valence-electron chi connectivity index (χ1n) is 8.50. The van der Waals surface area contributed by atoms with Crippen LogP contribution in [-0.2, 0) is 5.41 Å². The van der Waals surface area contributed by atoms with E-state index in [1.165, 1.54) is 22.3 Å². The summed E-state index contributed by atoms with van der Waals surface area (Å²) in [5, 5.41) is 0. The fraction of sp³-hybridized carbons (Fsp3) is 0.217. The number of hydrogen-bond donors (Lipinski definition) is 0. The van der Waals surface area contributed by atoms with E-state index in [4.69, 9.17) is 4.74 Å². The van der Waals surface area contributed by atoms with Crippen molar-refractivity contribution in [3.05, 3.63) is 95.1 Å². The van der Waals surface area contributed by atoms with Gasteiger partial charge in [-0.05, 0) is 28.7 Å². The van der Waals surface area contributed by atoms with Crippen LogP contribution in [0.15, 0.2) is 72.8 Å². The van der Waals surface area contributed by atoms with Gasteiger partial charge >= 0.3 is 0 Å². The Bertz CT molecular complexity index is 824. The molecule has 1 heteroatoms. The smallest absolute Gasteiger partial charge is 0.131 e. The van der Waals surface area contributed by atoms with Crippen molar-refractivity contribution in [3.8, 4) is 11.5 Å². The molecule has 3 aromatic rings. The van der Waals surface area contributed by atoms with E-state index in [0.717, 1.165) is 11.5 Å². The van der Waals surface area contributed by atoms with Crippen LogP contribution in [0.2, 0.25) is 0 Å². The average Bonchev–Trinajstić information content (AvgIpc) is 2.59. The summed E-state index contributed by atoms with van der Waals surface area (Å²) in [5.41, 5.74) is 5.31. The summed E-state index contributed by atoms with van der Waals surface area (Å²) in [6, 6.07) is 25.8. The lowest BCUT2D eigenvalue weighted by molar-refractivity contribution is 0.453. The van der Waals surface area contributed by atoms with Crippen LogP contribution in [0.3, 0.4) is 0 Å². The minimum atomic E-state index is 0.171. The third-order valence-corrected chi connectivity index (χ3v) is 4.79. The number of benzene rings is 3. The van der Waals surface area contributed by atoms with E-state index in [9.17, 15) is 0 Å². The molecule has 0 unspecified atom stereocenters. The first-order valence-corrected chi connectivity index (χ1v) is 8.50. The Morgan fingerprint density at radius 2 is 1.17 bits per heavy atom. The van der Waals surface area contributed by atoms with E-state index >= 15 is 0 Å². The van der Waals surface area contributed by atoms with Crippen molar-refractivity contribution in [3.63, 3.8) is 0 Å². The first-order chi connectivity index (χ1) is 11.5. The second kappa shape index (κ2) is 5.52. The standard InChI is InChI=1S/C23H22O/c1-23(2,3)17-14-12-16(13-15-17)22-18-8-4-6-10-20(18)24-21-11-7-5-9-19(21)22/h4-15,22H,1-3H3. The van der Waals surface area contributed by atoms with Crippen LogP contribution in [0.1, 0.15) is 48.9 Å². The van der Waals surface area contributed by atoms with Gasteiger partial charge in [-0.3, -0.25) is 0 Å². The molecule has 0 aliphatic carbocycles. The Kier molecular flexibility index (Phi) is 3.45. The van der Waals surface area contributed by atoms with Gasteiger partial charge in [-0.1, -0.05) is 81.4 Å². The summed E-state index contributed by atoms with van der Waals surface area (Å²) in [4.78, 5) is 0. The lowest BCUT2D eigenvalue weighted by Crippen LogP contribution is -2.13. The third kappa shape index (κ3) is 2.50. The summed E-state index contributed by atoms with van der Waals surface area (Å²) in [6.45, 7) is 6.75. The summed E-state index contributed by atoms with van der Waals surface area (Å²) in [6.07, 6.45) is 0. The molecule has 0 aromatic heterocycles. The second-order valence-corrected chi connectivity index (χ2v) is 7.48. The van der Waals surface area contributed by atoms with Crippen LogP contribution in [0.25, 0.3) is 0 Å². The van der Waals surface area contributed by atoms with Gasteiger partial charge in [0.05, 0.1) is 0 Å². The van der Waals surface area contributed by atoms with Crippen molar-refractivity contribution in [2.75, 3.05) is 0 Å². The van der Waals surface area contributed by atoms with Crippen molar-refractivity contribution in [1.29, 1.82) is 0 Å². The van der Waals surface area contributed by atoms with Crippen molar-refractivity contribution in [1.82, 2.24) is 0 Å². The largest absolute Gasteiger partial charge is 0.457 e. The molecule has 24 heavy (non-hydrogen) atoms. The van der Waals surface area contributed by atoms with Crippen molar-refractivity contribution < 1.29 is 4.74 Å². The van der Waals surface area contributed by atoms with Gasteiger partial charge in [-0.25, -0.2) is 0 Å². The predicted molar refractivity (Wildman–Crippen MR) is 99.0 cm³/mol. The molecule has 0 saturated heterocycles. The highest BCUT2D eigenvalue weighted by Crippen LogP contribution is 2.47. The third-order valence-electron chi connectivity index (χ3n) is 4.79. The fourth-order valence-electron chi connectivity index (χ4n) is 3.44. The highest BCUT2D eigenvalue weighted by molar-refractivity contribution is 5.58. The van der Waals surface area contributed by atoms with E-state index in [1.807, 2.05) is 12.1 Å². The molecule has 3 aromatic carbocycles. The summed E-state index contributed by atoms with van der Waals surface area (Å²) in [7, 11) is 0. The molecule has 0 N–H and O–H groups in total. The van der Waals surface area contributed by atoms with Crippen LogP contribution in [0.5, 0.6) is 11.5 Å². The van der Waals surface area contributed by atoms with E-state index in [2.05, 4.69) is 81.4 Å². The van der Waals surface area contributed by atoms with Crippen LogP contribution in [-0.4, -0.2) is 0 Å². The van der Waals surface area contributed by atoms with Gasteiger partial charge in [0, 0.05) is 17.0 Å². The average molecular weight is 314 g/mol. The molecule has 0 bridgehead atoms. The lowest BCUT2D eigenvalue weighted by Gasteiger charge is -2.29. The Labute approximate surface area is 143 Å². The number of fused-ring (bicyclic) bond motifs is 2. The minimum Gasteiger partial charge on any atom is -0.457 e. The molecule has 0 atom stereocenters. The van der Waals surface area contributed by atoms with E-state index < -0.39 is 0 Å². The van der Waals surface area contributed by atoms with Gasteiger partial charge in [0.25, 0.3) is 0 Å². The molecule has 1 aliphatic heterocycles. The highest BCUT2D eigenvalue weighted by atomic mass is 16.5. The molecule has 0 spiro atoms. The van der Waals surface area contributed by atoms with E-state index in [1.54, 1.807) is 0 Å². The fourth-order valence-corrected chi connectivity index (χ4v) is 3.44. The maximum atomic E-state index is 6.11. The maximum Gasteiger partial charge on any atom is 0.131 e. The SMILES string of the molecule is CC(C)(C)c1ccc(C2c3ccccc3Oc3ccccc32)cc1. The molecule has 1 heterocycles. The van der Waals surface area contributed by atoms with Crippen LogP contribution >= 0.6 is 0 Å². The Morgan fingerprint density at radius 3 is 1.67 bits per heavy atom. The molecule has 0 amide bonds. The first kappa shape index (κ1) is 15.0. The second-order valence-electron chi connectivity index (χ2n) is 7.48. The van der Waals surface area contributed by atoms with Crippen LogP contribution in [0, 0.1) is 0 Å². The number of para-hydroxylation sites is 2. The molecule has 1 aliphatic rings. The molecule has 120 valence electrons. The zero-order chi connectivity index (χ0) is 16.7. The molecule has 1 nitrogen and oxygen atoms in total. The minimum absolute atomic E-state index is 0.171. The van der Waals surface area contributed by atoms with Crippen LogP contribution < -0.4 is 4.74 Å². The van der Waals surface area contributed by atoms with Gasteiger partial charge < -0.3 is 4.74 Å². The lowest BCUT2D eigenvalue weighted by atomic mass is 9.80. The number of rotatable bonds is 1. The Balaban J connectivity index is 1.86. The van der Waals surface area contributed by atoms with Crippen molar-refractivity contribution >= 4 is 0 Å². The van der Waals surface area contributed by atoms with Gasteiger partial charge in [0.15, 0.2) is 0 Å². The Hall–Kier alpha value is -2.54. The van der Waals surface area contributed by atoms with Crippen LogP contribution in [0.4, 0.5) is 0 Å². The summed E-state index contributed by atoms with van der Waals surface area (Å²) >= 11 is 0. The number of hydrogen-bond acceptors (Lipinski definition) is 1. The molecule has 0 fully saturated rings. The molecule has 0 saturated carbocycles. The highest BCUT2D eigenvalue weighted by Gasteiger charge is 2.28. The molecular weight excluding hydrogens is 292 g/mol. The molecule has 4 rings (SSSR count). The van der Waals surface area contributed by atoms with Gasteiger partial charge in [-0.2, -0.15) is 0 Å². The van der Waals surface area contributed by atoms with Gasteiger partial charge in [-0.15, -0.1) is 0 Å². The van der Waals surface area contributed by atoms with E-state index in [0.29, 0.717) is 0 Å². The Morgan fingerprint density at radius 1 is 0.667 bits per heavy atom. The van der Waals surface area contributed by atoms with Crippen molar-refractivity contribution in [2.24, 2.45) is 0 Å². The molecular formula is C23H22O. The summed E-state index contributed by atoms with van der Waals surface area (Å²) < 4.78 is 6.11. The zero-order valence-corrected chi connectivity index (χ0v) is 14.4. The van der Waals surface area contributed by atoms with Crippen molar-refractivity contribution in [2.45, 2.75) is 32.1 Å². The topological polar surface area (TPSA) is 9.23 Å². The quantitative estimate of drug-likeness (QED) is 0.402. The van der Waals surface area contributed by atoms with Gasteiger partial charge in [0.2, 0.25) is 0 Å². The maximum absolute atomic E-state index is 6.11. The monoisotopic (exact) mass is 314 g/mol. The summed E-state index contributed by atoms with van der Waals surface area (Å²) in [5.74, 6) is 2.14. The van der Waals surface area contributed by atoms with E-state index in [-0.39, 0.29) is 11.3 Å². The van der Waals surface area contributed by atoms with Gasteiger partial charge in [0.1, 0.15) is 11.5 Å².